The van der Waals surface area contributed by atoms with Crippen LogP contribution in [0.4, 0.5) is 14.9 Å². The molecule has 0 spiro atoms. The predicted molar refractivity (Wildman–Crippen MR) is 137 cm³/mol. The van der Waals surface area contributed by atoms with Crippen molar-refractivity contribution in [2.24, 2.45) is 0 Å². The third kappa shape index (κ3) is 4.83. The molecule has 2 amide bonds. The van der Waals surface area contributed by atoms with Gasteiger partial charge in [-0.15, -0.1) is 0 Å². The fourth-order valence-electron chi connectivity index (χ4n) is 5.56. The molecule has 2 aliphatic heterocycles. The van der Waals surface area contributed by atoms with E-state index in [9.17, 15) is 19.6 Å². The van der Waals surface area contributed by atoms with Crippen molar-refractivity contribution in [3.63, 3.8) is 0 Å². The first-order valence-corrected chi connectivity index (χ1v) is 12.4. The molecule has 2 N–H and O–H groups in total. The van der Waals surface area contributed by atoms with Gasteiger partial charge in [-0.2, -0.15) is 5.26 Å². The number of urea groups is 1. The maximum atomic E-state index is 13.6. The van der Waals surface area contributed by atoms with E-state index in [0.29, 0.717) is 24.3 Å². The lowest BCUT2D eigenvalue weighted by molar-refractivity contribution is -0.0585. The van der Waals surface area contributed by atoms with Crippen molar-refractivity contribution < 1.29 is 14.3 Å². The molecule has 184 valence electrons. The van der Waals surface area contributed by atoms with E-state index in [1.54, 1.807) is 18.2 Å². The molecule has 0 aliphatic carbocycles. The molecular formula is C29H29FN4O2. The minimum absolute atomic E-state index is 0.00833. The number of carbonyl (C=O) groups excluding carboxylic acids is 1. The molecule has 2 aliphatic rings. The number of nitrogens with zero attached hydrogens (tertiary/aromatic N) is 3. The standard InChI is InChI=1S/C29H29FN4O2/c30-24-7-4-8-25(16-24)32-29(36)33-13-1-2-14-34-26(18-33)28(27(34)19-35)22-11-9-21(10-12-22)23-6-3-5-20(15-23)17-31/h3-12,15-16,26-28,35H,1-2,13-14,18-19H2,(H,32,36)/t26-,27+,28+/m1/s1. The number of rotatable bonds is 4. The summed E-state index contributed by atoms with van der Waals surface area (Å²) in [6.45, 7) is 2.12. The Morgan fingerprint density at radius 3 is 2.56 bits per heavy atom. The van der Waals surface area contributed by atoms with Crippen molar-refractivity contribution in [3.8, 4) is 17.2 Å². The highest BCUT2D eigenvalue weighted by molar-refractivity contribution is 5.89. The Hall–Kier alpha value is -3.73. The number of aliphatic hydroxyl groups is 1. The van der Waals surface area contributed by atoms with Crippen molar-refractivity contribution in [1.82, 2.24) is 9.80 Å². The summed E-state index contributed by atoms with van der Waals surface area (Å²) in [4.78, 5) is 17.2. The van der Waals surface area contributed by atoms with E-state index >= 15 is 0 Å². The first-order chi connectivity index (χ1) is 17.6. The second-order valence-corrected chi connectivity index (χ2v) is 9.49. The van der Waals surface area contributed by atoms with Crippen LogP contribution in [0.5, 0.6) is 0 Å². The maximum Gasteiger partial charge on any atom is 0.321 e. The Morgan fingerprint density at radius 2 is 1.81 bits per heavy atom. The number of hydrogen-bond donors (Lipinski definition) is 2. The highest BCUT2D eigenvalue weighted by Crippen LogP contribution is 2.42. The van der Waals surface area contributed by atoms with E-state index in [1.165, 1.54) is 12.1 Å². The summed E-state index contributed by atoms with van der Waals surface area (Å²) in [6, 6.07) is 23.8. The average molecular weight is 485 g/mol. The molecule has 0 unspecified atom stereocenters. The molecule has 3 atom stereocenters. The number of carbonyl (C=O) groups is 1. The van der Waals surface area contributed by atoms with Crippen molar-refractivity contribution in [2.75, 3.05) is 31.6 Å². The molecule has 2 heterocycles. The number of nitrogens with one attached hydrogen (secondary N) is 1. The van der Waals surface area contributed by atoms with Gasteiger partial charge in [0, 0.05) is 36.8 Å². The van der Waals surface area contributed by atoms with Gasteiger partial charge in [0.2, 0.25) is 0 Å². The zero-order valence-electron chi connectivity index (χ0n) is 20.0. The molecule has 2 fully saturated rings. The van der Waals surface area contributed by atoms with E-state index < -0.39 is 0 Å². The molecule has 0 saturated carbocycles. The maximum absolute atomic E-state index is 13.6. The molecule has 0 radical (unpaired) electrons. The highest BCUT2D eigenvalue weighted by Gasteiger charge is 2.49. The fourth-order valence-corrected chi connectivity index (χ4v) is 5.56. The molecule has 6 nitrogen and oxygen atoms in total. The highest BCUT2D eigenvalue weighted by atomic mass is 19.1. The second kappa shape index (κ2) is 10.5. The summed E-state index contributed by atoms with van der Waals surface area (Å²) in [5.41, 5.74) is 4.20. The molecule has 3 aromatic carbocycles. The van der Waals surface area contributed by atoms with Crippen LogP contribution in [0.25, 0.3) is 11.1 Å². The third-order valence-corrected chi connectivity index (χ3v) is 7.35. The van der Waals surface area contributed by atoms with Crippen molar-refractivity contribution in [1.29, 1.82) is 5.26 Å². The van der Waals surface area contributed by atoms with Gasteiger partial charge in [0.05, 0.1) is 18.2 Å². The Bertz CT molecular complexity index is 1270. The predicted octanol–water partition coefficient (Wildman–Crippen LogP) is 4.82. The van der Waals surface area contributed by atoms with Gasteiger partial charge >= 0.3 is 6.03 Å². The number of halogens is 1. The zero-order chi connectivity index (χ0) is 25.1. The first-order valence-electron chi connectivity index (χ1n) is 12.4. The van der Waals surface area contributed by atoms with Gasteiger partial charge in [-0.25, -0.2) is 9.18 Å². The van der Waals surface area contributed by atoms with Gasteiger partial charge in [-0.1, -0.05) is 42.5 Å². The number of aliphatic hydroxyl groups excluding tert-OH is 1. The molecular weight excluding hydrogens is 455 g/mol. The number of anilines is 1. The van der Waals surface area contributed by atoms with Crippen LogP contribution in [-0.2, 0) is 0 Å². The first kappa shape index (κ1) is 24.0. The van der Waals surface area contributed by atoms with Crippen LogP contribution >= 0.6 is 0 Å². The van der Waals surface area contributed by atoms with Gasteiger partial charge in [-0.3, -0.25) is 4.90 Å². The molecule has 0 aromatic heterocycles. The minimum atomic E-state index is -0.390. The monoisotopic (exact) mass is 484 g/mol. The van der Waals surface area contributed by atoms with E-state index in [0.717, 1.165) is 36.1 Å². The van der Waals surface area contributed by atoms with E-state index in [-0.39, 0.29) is 36.5 Å². The fraction of sp³-hybridized carbons (Fsp3) is 0.310. The van der Waals surface area contributed by atoms with Crippen LogP contribution < -0.4 is 5.32 Å². The summed E-state index contributed by atoms with van der Waals surface area (Å²) >= 11 is 0. The van der Waals surface area contributed by atoms with Crippen molar-refractivity contribution in [3.05, 3.63) is 89.7 Å². The van der Waals surface area contributed by atoms with Gasteiger partial charge in [0.1, 0.15) is 5.82 Å². The Labute approximate surface area is 210 Å². The number of hydrogen-bond acceptors (Lipinski definition) is 4. The molecule has 36 heavy (non-hydrogen) atoms. The quantitative estimate of drug-likeness (QED) is 0.557. The summed E-state index contributed by atoms with van der Waals surface area (Å²) in [5, 5.41) is 22.2. The number of benzene rings is 3. The molecule has 2 saturated heterocycles. The van der Waals surface area contributed by atoms with Crippen LogP contribution in [0.1, 0.15) is 29.9 Å². The van der Waals surface area contributed by atoms with E-state index in [1.807, 2.05) is 23.1 Å². The summed E-state index contributed by atoms with van der Waals surface area (Å²) in [6.07, 6.45) is 1.82. The lowest BCUT2D eigenvalue weighted by Gasteiger charge is -2.57. The summed E-state index contributed by atoms with van der Waals surface area (Å²) in [7, 11) is 0. The second-order valence-electron chi connectivity index (χ2n) is 9.49. The van der Waals surface area contributed by atoms with Crippen molar-refractivity contribution >= 4 is 11.7 Å². The average Bonchev–Trinajstić information content (AvgIpc) is 2.88. The van der Waals surface area contributed by atoms with E-state index in [2.05, 4.69) is 40.6 Å². The lowest BCUT2D eigenvalue weighted by Crippen LogP contribution is -2.68. The van der Waals surface area contributed by atoms with Crippen LogP contribution in [0, 0.1) is 17.1 Å². The van der Waals surface area contributed by atoms with Crippen LogP contribution in [0.3, 0.4) is 0 Å². The van der Waals surface area contributed by atoms with Gasteiger partial charge < -0.3 is 15.3 Å². The summed E-state index contributed by atoms with van der Waals surface area (Å²) in [5.74, 6) is -0.295. The third-order valence-electron chi connectivity index (χ3n) is 7.35. The number of fused-ring (bicyclic) bond motifs is 1. The minimum Gasteiger partial charge on any atom is -0.395 e. The molecule has 3 aromatic rings. The number of nitriles is 1. The van der Waals surface area contributed by atoms with Gasteiger partial charge in [-0.05, 0) is 66.4 Å². The van der Waals surface area contributed by atoms with Gasteiger partial charge in [0.15, 0.2) is 0 Å². The molecule has 5 rings (SSSR count). The Balaban J connectivity index is 1.35. The van der Waals surface area contributed by atoms with Crippen LogP contribution in [0.15, 0.2) is 72.8 Å². The zero-order valence-corrected chi connectivity index (χ0v) is 20.0. The van der Waals surface area contributed by atoms with Crippen LogP contribution in [0.2, 0.25) is 0 Å². The Kier molecular flexibility index (Phi) is 6.99. The van der Waals surface area contributed by atoms with Crippen molar-refractivity contribution in [2.45, 2.75) is 30.8 Å². The lowest BCUT2D eigenvalue weighted by atomic mass is 9.74. The number of amides is 2. The van der Waals surface area contributed by atoms with Gasteiger partial charge in [0.25, 0.3) is 0 Å². The topological polar surface area (TPSA) is 79.6 Å². The SMILES string of the molecule is N#Cc1cccc(-c2ccc([C@H]3[C@H]4CN(C(=O)Nc5cccc(F)c5)CCCCN4[C@H]3CO)cc2)c1. The van der Waals surface area contributed by atoms with E-state index in [4.69, 9.17) is 0 Å². The summed E-state index contributed by atoms with van der Waals surface area (Å²) < 4.78 is 13.6. The normalized spacial score (nSPS) is 21.9. The largest absolute Gasteiger partial charge is 0.395 e. The molecule has 0 bridgehead atoms. The van der Waals surface area contributed by atoms with Crippen LogP contribution in [-0.4, -0.2) is 59.3 Å². The Morgan fingerprint density at radius 1 is 1.03 bits per heavy atom. The smallest absolute Gasteiger partial charge is 0.321 e. The molecule has 7 heteroatoms.